The van der Waals surface area contributed by atoms with Gasteiger partial charge in [-0.05, 0) is 18.2 Å². The molecule has 2 amide bonds. The van der Waals surface area contributed by atoms with Crippen LogP contribution >= 0.6 is 0 Å². The number of benzene rings is 2. The molecule has 3 rings (SSSR count). The van der Waals surface area contributed by atoms with Crippen LogP contribution in [0.1, 0.15) is 20.7 Å². The number of hydrogen-bond acceptors (Lipinski definition) is 4. The molecule has 0 saturated carbocycles. The average Bonchev–Trinajstić information content (AvgIpc) is 2.48. The fourth-order valence-electron chi connectivity index (χ4n) is 2.57. The minimum atomic E-state index is -0.304. The molecule has 0 aliphatic carbocycles. The van der Waals surface area contributed by atoms with Crippen LogP contribution in [0.4, 0.5) is 5.69 Å². The van der Waals surface area contributed by atoms with Crippen molar-refractivity contribution in [2.24, 2.45) is 5.84 Å². The maximum absolute atomic E-state index is 12.4. The molecule has 100 valence electrons. The number of amides is 2. The van der Waals surface area contributed by atoms with Crippen molar-refractivity contribution in [3.63, 3.8) is 0 Å². The van der Waals surface area contributed by atoms with Gasteiger partial charge < -0.3 is 5.43 Å². The highest BCUT2D eigenvalue weighted by Gasteiger charge is 2.32. The Labute approximate surface area is 115 Å². The van der Waals surface area contributed by atoms with Crippen LogP contribution in [0.5, 0.6) is 0 Å². The van der Waals surface area contributed by atoms with Crippen LogP contribution in [-0.4, -0.2) is 23.3 Å². The molecule has 20 heavy (non-hydrogen) atoms. The summed E-state index contributed by atoms with van der Waals surface area (Å²) in [6.07, 6.45) is 1.54. The second-order valence-corrected chi connectivity index (χ2v) is 4.54. The average molecular weight is 267 g/mol. The van der Waals surface area contributed by atoms with E-state index in [1.54, 1.807) is 24.3 Å². The number of hydrazine groups is 1. The van der Waals surface area contributed by atoms with E-state index in [9.17, 15) is 9.59 Å². The number of nitrogens with zero attached hydrogens (tertiary/aromatic N) is 1. The first-order valence-electron chi connectivity index (χ1n) is 6.18. The van der Waals surface area contributed by atoms with Crippen molar-refractivity contribution >= 4 is 28.3 Å². The zero-order valence-corrected chi connectivity index (χ0v) is 10.7. The molecule has 2 aromatic carbocycles. The fourth-order valence-corrected chi connectivity index (χ4v) is 2.57. The van der Waals surface area contributed by atoms with Crippen LogP contribution in [-0.2, 0) is 0 Å². The van der Waals surface area contributed by atoms with E-state index in [-0.39, 0.29) is 18.4 Å². The van der Waals surface area contributed by atoms with Crippen molar-refractivity contribution in [2.75, 3.05) is 12.0 Å². The molecule has 5 nitrogen and oxygen atoms in total. The van der Waals surface area contributed by atoms with Gasteiger partial charge in [0.15, 0.2) is 0 Å². The lowest BCUT2D eigenvalue weighted by molar-refractivity contribution is 0.0629. The van der Waals surface area contributed by atoms with Gasteiger partial charge in [0, 0.05) is 28.4 Å². The molecule has 1 aliphatic heterocycles. The first kappa shape index (κ1) is 12.4. The third-order valence-corrected chi connectivity index (χ3v) is 3.46. The third kappa shape index (κ3) is 1.53. The molecule has 0 radical (unpaired) electrons. The molecule has 1 aliphatic rings. The number of nitrogens with two attached hydrogens (primary N) is 1. The van der Waals surface area contributed by atoms with Crippen LogP contribution in [0.2, 0.25) is 0 Å². The first-order chi connectivity index (χ1) is 9.69. The summed E-state index contributed by atoms with van der Waals surface area (Å²) in [6, 6.07) is 8.76. The Bertz CT molecular complexity index is 730. The van der Waals surface area contributed by atoms with Crippen molar-refractivity contribution in [3.05, 3.63) is 54.1 Å². The van der Waals surface area contributed by atoms with Crippen LogP contribution in [0.15, 0.2) is 43.0 Å². The summed E-state index contributed by atoms with van der Waals surface area (Å²) in [5, 5.41) is 1.42. The van der Waals surface area contributed by atoms with Gasteiger partial charge in [-0.15, -0.1) is 6.58 Å². The maximum Gasteiger partial charge on any atom is 0.261 e. The van der Waals surface area contributed by atoms with Gasteiger partial charge >= 0.3 is 0 Å². The molecule has 5 heteroatoms. The number of imide groups is 1. The van der Waals surface area contributed by atoms with E-state index in [0.717, 1.165) is 5.39 Å². The lowest BCUT2D eigenvalue weighted by atomic mass is 9.93. The van der Waals surface area contributed by atoms with E-state index in [0.29, 0.717) is 22.2 Å². The number of nitrogens with one attached hydrogen (secondary N) is 1. The van der Waals surface area contributed by atoms with Gasteiger partial charge in [-0.25, -0.2) is 0 Å². The van der Waals surface area contributed by atoms with E-state index < -0.39 is 0 Å². The summed E-state index contributed by atoms with van der Waals surface area (Å²) < 4.78 is 0. The highest BCUT2D eigenvalue weighted by Crippen LogP contribution is 2.33. The predicted octanol–water partition coefficient (Wildman–Crippen LogP) is 1.91. The van der Waals surface area contributed by atoms with E-state index >= 15 is 0 Å². The number of carbonyl (C=O) groups excluding carboxylic acids is 2. The normalized spacial score (nSPS) is 13.8. The number of rotatable bonds is 3. The van der Waals surface area contributed by atoms with Crippen LogP contribution in [0, 0.1) is 0 Å². The van der Waals surface area contributed by atoms with Gasteiger partial charge in [-0.2, -0.15) is 0 Å². The Kier molecular flexibility index (Phi) is 2.76. The Morgan fingerprint density at radius 2 is 1.85 bits per heavy atom. The van der Waals surface area contributed by atoms with Crippen molar-refractivity contribution in [1.29, 1.82) is 0 Å². The van der Waals surface area contributed by atoms with E-state index in [1.165, 1.54) is 11.0 Å². The van der Waals surface area contributed by atoms with Crippen LogP contribution in [0.25, 0.3) is 10.8 Å². The minimum Gasteiger partial charge on any atom is -0.324 e. The molecule has 0 unspecified atom stereocenters. The molecule has 2 aromatic rings. The number of nitrogen functional groups attached to an aromatic ring is 1. The first-order valence-corrected chi connectivity index (χ1v) is 6.18. The monoisotopic (exact) mass is 267 g/mol. The summed E-state index contributed by atoms with van der Waals surface area (Å²) >= 11 is 0. The quantitative estimate of drug-likeness (QED) is 0.385. The molecule has 3 N–H and O–H groups in total. The summed E-state index contributed by atoms with van der Waals surface area (Å²) in [4.78, 5) is 26.0. The minimum absolute atomic E-state index is 0.199. The molecule has 0 saturated heterocycles. The highest BCUT2D eigenvalue weighted by atomic mass is 16.2. The van der Waals surface area contributed by atoms with Crippen molar-refractivity contribution in [2.45, 2.75) is 0 Å². The Morgan fingerprint density at radius 3 is 2.50 bits per heavy atom. The molecule has 0 fully saturated rings. The van der Waals surface area contributed by atoms with Gasteiger partial charge in [-0.3, -0.25) is 20.3 Å². The Balaban J connectivity index is 2.36. The smallest absolute Gasteiger partial charge is 0.261 e. The van der Waals surface area contributed by atoms with E-state index in [4.69, 9.17) is 5.84 Å². The van der Waals surface area contributed by atoms with Gasteiger partial charge in [0.05, 0.1) is 5.69 Å². The SMILES string of the molecule is C=CCN1C(=O)c2cccc3c(NN)ccc(c23)C1=O. The number of anilines is 1. The number of hydrogen-bond donors (Lipinski definition) is 2. The van der Waals surface area contributed by atoms with Gasteiger partial charge in [0.1, 0.15) is 0 Å². The van der Waals surface area contributed by atoms with Gasteiger partial charge in [-0.1, -0.05) is 18.2 Å². The largest absolute Gasteiger partial charge is 0.324 e. The van der Waals surface area contributed by atoms with Crippen LogP contribution in [0.3, 0.4) is 0 Å². The van der Waals surface area contributed by atoms with Crippen molar-refractivity contribution < 1.29 is 9.59 Å². The summed E-state index contributed by atoms with van der Waals surface area (Å²) in [5.41, 5.74) is 4.29. The second-order valence-electron chi connectivity index (χ2n) is 4.54. The standard InChI is InChI=1S/C15H13N3O2/c1-2-8-18-14(19)10-5-3-4-9-12(17-16)7-6-11(13(9)10)15(18)20/h2-7,17H,1,8,16H2. The highest BCUT2D eigenvalue weighted by molar-refractivity contribution is 6.26. The van der Waals surface area contributed by atoms with Crippen molar-refractivity contribution in [1.82, 2.24) is 4.90 Å². The Hall–Kier alpha value is -2.66. The molecule has 0 bridgehead atoms. The van der Waals surface area contributed by atoms with Gasteiger partial charge in [0.2, 0.25) is 0 Å². The molecule has 0 spiro atoms. The van der Waals surface area contributed by atoms with Gasteiger partial charge in [0.25, 0.3) is 11.8 Å². The van der Waals surface area contributed by atoms with E-state index in [2.05, 4.69) is 12.0 Å². The second kappa shape index (κ2) is 4.47. The lowest BCUT2D eigenvalue weighted by Crippen LogP contribution is -2.40. The fraction of sp³-hybridized carbons (Fsp3) is 0.0667. The maximum atomic E-state index is 12.4. The number of carbonyl (C=O) groups is 2. The summed E-state index contributed by atoms with van der Waals surface area (Å²) in [7, 11) is 0. The Morgan fingerprint density at radius 1 is 1.15 bits per heavy atom. The predicted molar refractivity (Wildman–Crippen MR) is 77.3 cm³/mol. The molecular weight excluding hydrogens is 254 g/mol. The van der Waals surface area contributed by atoms with Crippen LogP contribution < -0.4 is 11.3 Å². The topological polar surface area (TPSA) is 75.4 Å². The van der Waals surface area contributed by atoms with E-state index in [1.807, 2.05) is 6.07 Å². The zero-order chi connectivity index (χ0) is 14.3. The summed E-state index contributed by atoms with van der Waals surface area (Å²) in [6.45, 7) is 3.78. The summed E-state index contributed by atoms with van der Waals surface area (Å²) in [5.74, 6) is 4.87. The lowest BCUT2D eigenvalue weighted by Gasteiger charge is -2.26. The molecular formula is C15H13N3O2. The third-order valence-electron chi connectivity index (χ3n) is 3.46. The zero-order valence-electron chi connectivity index (χ0n) is 10.7. The molecule has 0 aromatic heterocycles. The van der Waals surface area contributed by atoms with Crippen molar-refractivity contribution in [3.8, 4) is 0 Å². The molecule has 0 atom stereocenters. The molecule has 1 heterocycles.